The van der Waals surface area contributed by atoms with Gasteiger partial charge in [-0.2, -0.15) is 0 Å². The molecule has 3 aromatic rings. The highest BCUT2D eigenvalue weighted by Crippen LogP contribution is 2.29. The van der Waals surface area contributed by atoms with E-state index >= 15 is 0 Å². The number of fused-ring (bicyclic) bond motifs is 1. The van der Waals surface area contributed by atoms with Gasteiger partial charge in [-0.1, -0.05) is 30.3 Å². The van der Waals surface area contributed by atoms with Crippen LogP contribution in [-0.4, -0.2) is 27.6 Å². The van der Waals surface area contributed by atoms with Crippen molar-refractivity contribution in [3.05, 3.63) is 65.8 Å². The first-order valence-corrected chi connectivity index (χ1v) is 8.71. The van der Waals surface area contributed by atoms with Crippen molar-refractivity contribution in [3.8, 4) is 0 Å². The lowest BCUT2D eigenvalue weighted by molar-refractivity contribution is 0.114. The highest BCUT2D eigenvalue weighted by molar-refractivity contribution is 5.72. The van der Waals surface area contributed by atoms with Crippen molar-refractivity contribution in [3.63, 3.8) is 0 Å². The molecule has 130 valence electrons. The predicted molar refractivity (Wildman–Crippen MR) is 93.4 cm³/mol. The molecule has 2 heterocycles. The van der Waals surface area contributed by atoms with E-state index in [0.717, 1.165) is 24.9 Å². The molecule has 25 heavy (non-hydrogen) atoms. The second-order valence-electron chi connectivity index (χ2n) is 6.65. The van der Waals surface area contributed by atoms with Gasteiger partial charge in [0.1, 0.15) is 11.3 Å². The van der Waals surface area contributed by atoms with E-state index in [-0.39, 0.29) is 5.82 Å². The fourth-order valence-corrected chi connectivity index (χ4v) is 3.63. The molecule has 1 aliphatic heterocycles. The molecule has 0 spiro atoms. The van der Waals surface area contributed by atoms with Gasteiger partial charge < -0.3 is 9.52 Å². The molecule has 1 N–H and O–H groups in total. The molecule has 5 heteroatoms. The zero-order chi connectivity index (χ0) is 17.2. The van der Waals surface area contributed by atoms with Gasteiger partial charge in [-0.15, -0.1) is 0 Å². The van der Waals surface area contributed by atoms with Crippen LogP contribution in [0.15, 0.2) is 52.9 Å². The molecule has 2 unspecified atom stereocenters. The molecule has 0 amide bonds. The van der Waals surface area contributed by atoms with Crippen molar-refractivity contribution in [1.29, 1.82) is 0 Å². The molecule has 0 saturated carbocycles. The molecule has 0 radical (unpaired) electrons. The summed E-state index contributed by atoms with van der Waals surface area (Å²) in [6.07, 6.45) is 2.38. The first-order chi connectivity index (χ1) is 12.2. The fourth-order valence-electron chi connectivity index (χ4n) is 3.63. The minimum atomic E-state index is -0.468. The average molecular weight is 340 g/mol. The number of hydrogen-bond donors (Lipinski definition) is 1. The second kappa shape index (κ2) is 6.94. The summed E-state index contributed by atoms with van der Waals surface area (Å²) in [5, 5.41) is 10.5. The van der Waals surface area contributed by atoms with Gasteiger partial charge in [0.05, 0.1) is 12.6 Å². The molecule has 2 aromatic carbocycles. The number of aromatic nitrogens is 1. The highest BCUT2D eigenvalue weighted by Gasteiger charge is 2.28. The van der Waals surface area contributed by atoms with Gasteiger partial charge in [-0.3, -0.25) is 4.90 Å². The van der Waals surface area contributed by atoms with Gasteiger partial charge in [-0.25, -0.2) is 9.37 Å². The van der Waals surface area contributed by atoms with Crippen LogP contribution >= 0.6 is 0 Å². The lowest BCUT2D eigenvalue weighted by Crippen LogP contribution is -2.30. The van der Waals surface area contributed by atoms with Crippen LogP contribution in [0.2, 0.25) is 0 Å². The Hall–Kier alpha value is -2.24. The van der Waals surface area contributed by atoms with Crippen LogP contribution in [0.4, 0.5) is 4.39 Å². The smallest absolute Gasteiger partial charge is 0.209 e. The number of halogens is 1. The van der Waals surface area contributed by atoms with Crippen LogP contribution in [0, 0.1) is 5.82 Å². The molecule has 1 aliphatic rings. The number of likely N-dealkylation sites (tertiary alicyclic amines) is 1. The van der Waals surface area contributed by atoms with Gasteiger partial charge in [0.2, 0.25) is 5.89 Å². The maximum atomic E-state index is 13.3. The second-order valence-corrected chi connectivity index (χ2v) is 6.65. The van der Waals surface area contributed by atoms with Gasteiger partial charge in [0, 0.05) is 12.1 Å². The Morgan fingerprint density at radius 1 is 1.24 bits per heavy atom. The molecule has 1 fully saturated rings. The van der Waals surface area contributed by atoms with Crippen molar-refractivity contribution in [2.75, 3.05) is 6.54 Å². The van der Waals surface area contributed by atoms with E-state index in [2.05, 4.69) is 9.88 Å². The fraction of sp³-hybridized carbons (Fsp3) is 0.350. The van der Waals surface area contributed by atoms with Crippen LogP contribution in [-0.2, 0) is 6.54 Å². The largest absolute Gasteiger partial charge is 0.439 e. The van der Waals surface area contributed by atoms with Crippen LogP contribution in [0.5, 0.6) is 0 Å². The summed E-state index contributed by atoms with van der Waals surface area (Å²) in [5.74, 6) is 0.280. The molecule has 0 bridgehead atoms. The van der Waals surface area contributed by atoms with E-state index in [4.69, 9.17) is 4.42 Å². The standard InChI is InChI=1S/C20H21FN2O2/c21-15-8-9-17-19(11-15)25-20(22-17)13-23-10-4-7-16(23)12-18(24)14-5-2-1-3-6-14/h1-3,5-6,8-9,11,16,18,24H,4,7,10,12-13H2. The quantitative estimate of drug-likeness (QED) is 0.761. The maximum Gasteiger partial charge on any atom is 0.209 e. The summed E-state index contributed by atoms with van der Waals surface area (Å²) in [4.78, 5) is 6.75. The zero-order valence-corrected chi connectivity index (χ0v) is 13.9. The monoisotopic (exact) mass is 340 g/mol. The third kappa shape index (κ3) is 3.57. The van der Waals surface area contributed by atoms with Crippen molar-refractivity contribution in [2.24, 2.45) is 0 Å². The van der Waals surface area contributed by atoms with E-state index in [9.17, 15) is 9.50 Å². The van der Waals surface area contributed by atoms with E-state index in [1.807, 2.05) is 30.3 Å². The molecular weight excluding hydrogens is 319 g/mol. The number of aliphatic hydroxyl groups excluding tert-OH is 1. The van der Waals surface area contributed by atoms with Crippen LogP contribution in [0.3, 0.4) is 0 Å². The molecular formula is C20H21FN2O2. The van der Waals surface area contributed by atoms with Crippen molar-refractivity contribution >= 4 is 11.1 Å². The summed E-state index contributed by atoms with van der Waals surface area (Å²) in [5.41, 5.74) is 2.11. The Morgan fingerprint density at radius 3 is 2.92 bits per heavy atom. The van der Waals surface area contributed by atoms with Crippen LogP contribution < -0.4 is 0 Å². The Bertz CT molecular complexity index is 849. The molecule has 0 aliphatic carbocycles. The minimum absolute atomic E-state index is 0.293. The van der Waals surface area contributed by atoms with Crippen LogP contribution in [0.25, 0.3) is 11.1 Å². The Kier molecular flexibility index (Phi) is 4.51. The van der Waals surface area contributed by atoms with Crippen molar-refractivity contribution < 1.29 is 13.9 Å². The lowest BCUT2D eigenvalue weighted by atomic mass is 10.0. The summed E-state index contributed by atoms with van der Waals surface area (Å²) >= 11 is 0. The van der Waals surface area contributed by atoms with Crippen molar-refractivity contribution in [1.82, 2.24) is 9.88 Å². The lowest BCUT2D eigenvalue weighted by Gasteiger charge is -2.25. The van der Waals surface area contributed by atoms with Crippen molar-refractivity contribution in [2.45, 2.75) is 38.0 Å². The number of aliphatic hydroxyl groups is 1. The normalized spacial score (nSPS) is 19.5. The number of hydrogen-bond acceptors (Lipinski definition) is 4. The van der Waals surface area contributed by atoms with E-state index in [1.54, 1.807) is 6.07 Å². The van der Waals surface area contributed by atoms with Gasteiger partial charge >= 0.3 is 0 Å². The molecule has 4 rings (SSSR count). The van der Waals surface area contributed by atoms with E-state index in [1.165, 1.54) is 12.1 Å². The zero-order valence-electron chi connectivity index (χ0n) is 13.9. The van der Waals surface area contributed by atoms with E-state index in [0.29, 0.717) is 36.0 Å². The molecule has 1 aromatic heterocycles. The topological polar surface area (TPSA) is 49.5 Å². The number of benzene rings is 2. The van der Waals surface area contributed by atoms with Gasteiger partial charge in [-0.05, 0) is 43.5 Å². The maximum absolute atomic E-state index is 13.3. The third-order valence-electron chi connectivity index (χ3n) is 4.91. The summed E-state index contributed by atoms with van der Waals surface area (Å²) in [7, 11) is 0. The predicted octanol–water partition coefficient (Wildman–Crippen LogP) is 4.06. The SMILES string of the molecule is OC(CC1CCCN1Cc1nc2ccc(F)cc2o1)c1ccccc1. The summed E-state index contributed by atoms with van der Waals surface area (Å²) < 4.78 is 19.0. The Morgan fingerprint density at radius 2 is 2.08 bits per heavy atom. The minimum Gasteiger partial charge on any atom is -0.439 e. The first-order valence-electron chi connectivity index (χ1n) is 8.71. The Balaban J connectivity index is 1.45. The summed E-state index contributed by atoms with van der Waals surface area (Å²) in [6.45, 7) is 1.54. The van der Waals surface area contributed by atoms with E-state index < -0.39 is 6.10 Å². The number of rotatable bonds is 5. The van der Waals surface area contributed by atoms with Gasteiger partial charge in [0.15, 0.2) is 5.58 Å². The van der Waals surface area contributed by atoms with Crippen LogP contribution in [0.1, 0.15) is 36.8 Å². The Labute approximate surface area is 145 Å². The van der Waals surface area contributed by atoms with Gasteiger partial charge in [0.25, 0.3) is 0 Å². The molecule has 2 atom stereocenters. The number of nitrogens with zero attached hydrogens (tertiary/aromatic N) is 2. The first kappa shape index (κ1) is 16.2. The average Bonchev–Trinajstić information content (AvgIpc) is 3.22. The molecule has 1 saturated heterocycles. The number of oxazole rings is 1. The molecule has 4 nitrogen and oxygen atoms in total. The summed E-state index contributed by atoms with van der Waals surface area (Å²) in [6, 6.07) is 14.5. The highest BCUT2D eigenvalue weighted by atomic mass is 19.1. The third-order valence-corrected chi connectivity index (χ3v) is 4.91.